The number of nitrogen functional groups attached to an aromatic ring is 1. The molecule has 5 heteroatoms. The van der Waals surface area contributed by atoms with Crippen molar-refractivity contribution in [3.63, 3.8) is 0 Å². The number of rotatable bonds is 4. The lowest BCUT2D eigenvalue weighted by Gasteiger charge is -2.18. The van der Waals surface area contributed by atoms with Gasteiger partial charge in [-0.05, 0) is 11.6 Å². The molecule has 2 rings (SSSR count). The van der Waals surface area contributed by atoms with Crippen molar-refractivity contribution in [2.75, 3.05) is 17.7 Å². The fourth-order valence-electron chi connectivity index (χ4n) is 1.77. The SMILES string of the molecule is N#Cc1ccnc(NC(CO)c2ccccc2)c1N. The largest absolute Gasteiger partial charge is 0.395 e. The van der Waals surface area contributed by atoms with E-state index in [1.54, 1.807) is 6.07 Å². The van der Waals surface area contributed by atoms with Crippen LogP contribution in [0.4, 0.5) is 11.5 Å². The van der Waals surface area contributed by atoms with Crippen LogP contribution >= 0.6 is 0 Å². The van der Waals surface area contributed by atoms with E-state index in [4.69, 9.17) is 11.0 Å². The van der Waals surface area contributed by atoms with Crippen LogP contribution in [0.25, 0.3) is 0 Å². The maximum Gasteiger partial charge on any atom is 0.151 e. The zero-order chi connectivity index (χ0) is 13.7. The lowest BCUT2D eigenvalue weighted by Crippen LogP contribution is -2.17. The second-order valence-corrected chi connectivity index (χ2v) is 4.02. The van der Waals surface area contributed by atoms with Gasteiger partial charge >= 0.3 is 0 Å². The molecule has 4 N–H and O–H groups in total. The summed E-state index contributed by atoms with van der Waals surface area (Å²) in [6.45, 7) is -0.0953. The van der Waals surface area contributed by atoms with Crippen LogP contribution in [0.2, 0.25) is 0 Å². The fraction of sp³-hybridized carbons (Fsp3) is 0.143. The molecule has 1 aromatic carbocycles. The van der Waals surface area contributed by atoms with Crippen molar-refractivity contribution in [3.05, 3.63) is 53.7 Å². The number of aliphatic hydroxyl groups is 1. The molecule has 0 saturated heterocycles. The highest BCUT2D eigenvalue weighted by molar-refractivity contribution is 5.69. The molecule has 0 saturated carbocycles. The van der Waals surface area contributed by atoms with E-state index in [0.717, 1.165) is 5.56 Å². The summed E-state index contributed by atoms with van der Waals surface area (Å²) in [6.07, 6.45) is 1.51. The van der Waals surface area contributed by atoms with Gasteiger partial charge in [0.25, 0.3) is 0 Å². The van der Waals surface area contributed by atoms with Gasteiger partial charge in [-0.25, -0.2) is 4.98 Å². The fourth-order valence-corrected chi connectivity index (χ4v) is 1.77. The van der Waals surface area contributed by atoms with Crippen molar-refractivity contribution in [2.45, 2.75) is 6.04 Å². The van der Waals surface area contributed by atoms with Gasteiger partial charge in [0.15, 0.2) is 5.82 Å². The van der Waals surface area contributed by atoms with Crippen LogP contribution < -0.4 is 11.1 Å². The number of anilines is 2. The number of aliphatic hydroxyl groups excluding tert-OH is 1. The van der Waals surface area contributed by atoms with E-state index >= 15 is 0 Å². The van der Waals surface area contributed by atoms with E-state index < -0.39 is 0 Å². The van der Waals surface area contributed by atoms with Gasteiger partial charge in [0.2, 0.25) is 0 Å². The van der Waals surface area contributed by atoms with Crippen LogP contribution in [0, 0.1) is 11.3 Å². The second-order valence-electron chi connectivity index (χ2n) is 4.02. The minimum atomic E-state index is -0.315. The van der Waals surface area contributed by atoms with Crippen LogP contribution in [-0.2, 0) is 0 Å². The molecule has 0 amide bonds. The average Bonchev–Trinajstić information content (AvgIpc) is 2.47. The molecule has 0 aliphatic carbocycles. The van der Waals surface area contributed by atoms with Crippen LogP contribution in [0.1, 0.15) is 17.2 Å². The quantitative estimate of drug-likeness (QED) is 0.771. The summed E-state index contributed by atoms with van der Waals surface area (Å²) in [5, 5.41) is 21.4. The Hall–Kier alpha value is -2.58. The number of benzene rings is 1. The van der Waals surface area contributed by atoms with E-state index in [1.807, 2.05) is 36.4 Å². The third-order valence-electron chi connectivity index (χ3n) is 2.81. The highest BCUT2D eigenvalue weighted by atomic mass is 16.3. The van der Waals surface area contributed by atoms with Crippen molar-refractivity contribution < 1.29 is 5.11 Å². The highest BCUT2D eigenvalue weighted by Gasteiger charge is 2.13. The zero-order valence-corrected chi connectivity index (χ0v) is 10.2. The Morgan fingerprint density at radius 1 is 1.32 bits per heavy atom. The number of aromatic nitrogens is 1. The molecule has 0 spiro atoms. The summed E-state index contributed by atoms with van der Waals surface area (Å²) in [4.78, 5) is 4.10. The Morgan fingerprint density at radius 3 is 2.68 bits per heavy atom. The van der Waals surface area contributed by atoms with E-state index in [1.165, 1.54) is 6.20 Å². The van der Waals surface area contributed by atoms with E-state index in [2.05, 4.69) is 10.3 Å². The Balaban J connectivity index is 2.27. The molecule has 0 fully saturated rings. The molecule has 2 aromatic rings. The third-order valence-corrected chi connectivity index (χ3v) is 2.81. The number of nitrogens with two attached hydrogens (primary N) is 1. The summed E-state index contributed by atoms with van der Waals surface area (Å²) < 4.78 is 0. The van der Waals surface area contributed by atoms with Crippen molar-refractivity contribution in [1.29, 1.82) is 5.26 Å². The van der Waals surface area contributed by atoms with Crippen LogP contribution in [0.5, 0.6) is 0 Å². The Kier molecular flexibility index (Phi) is 3.96. The first-order valence-corrected chi connectivity index (χ1v) is 5.83. The van der Waals surface area contributed by atoms with Crippen molar-refractivity contribution in [2.24, 2.45) is 0 Å². The molecular weight excluding hydrogens is 240 g/mol. The summed E-state index contributed by atoms with van der Waals surface area (Å²) in [5.41, 5.74) is 7.42. The molecule has 0 bridgehead atoms. The number of nitriles is 1. The second kappa shape index (κ2) is 5.85. The van der Waals surface area contributed by atoms with E-state index in [9.17, 15) is 5.11 Å². The van der Waals surface area contributed by atoms with Gasteiger partial charge in [0.05, 0.1) is 23.9 Å². The maximum atomic E-state index is 9.46. The van der Waals surface area contributed by atoms with Crippen LogP contribution in [0.15, 0.2) is 42.6 Å². The standard InChI is InChI=1S/C14H14N4O/c15-8-11-6-7-17-14(13(11)16)18-12(9-19)10-4-2-1-3-5-10/h1-7,12,19H,9,16H2,(H,17,18). The lowest BCUT2D eigenvalue weighted by atomic mass is 10.1. The summed E-state index contributed by atoms with van der Waals surface area (Å²) in [7, 11) is 0. The summed E-state index contributed by atoms with van der Waals surface area (Å²) >= 11 is 0. The minimum Gasteiger partial charge on any atom is -0.395 e. The molecule has 0 aliphatic rings. The van der Waals surface area contributed by atoms with Gasteiger partial charge in [-0.15, -0.1) is 0 Å². The number of nitrogens with one attached hydrogen (secondary N) is 1. The topological polar surface area (TPSA) is 95.0 Å². The monoisotopic (exact) mass is 254 g/mol. The molecule has 0 radical (unpaired) electrons. The first kappa shape index (κ1) is 12.9. The molecule has 1 heterocycles. The predicted molar refractivity (Wildman–Crippen MR) is 73.3 cm³/mol. The number of nitrogens with zero attached hydrogens (tertiary/aromatic N) is 2. The molecule has 96 valence electrons. The Labute approximate surface area is 111 Å². The number of hydrogen-bond acceptors (Lipinski definition) is 5. The number of hydrogen-bond donors (Lipinski definition) is 3. The molecule has 19 heavy (non-hydrogen) atoms. The molecule has 1 atom stereocenters. The van der Waals surface area contributed by atoms with Gasteiger partial charge < -0.3 is 16.2 Å². The van der Waals surface area contributed by atoms with Crippen molar-refractivity contribution in [1.82, 2.24) is 4.98 Å². The minimum absolute atomic E-state index is 0.0953. The summed E-state index contributed by atoms with van der Waals surface area (Å²) in [6, 6.07) is 12.7. The third kappa shape index (κ3) is 2.81. The molecule has 0 aliphatic heterocycles. The Morgan fingerprint density at radius 2 is 2.05 bits per heavy atom. The van der Waals surface area contributed by atoms with Gasteiger partial charge in [-0.2, -0.15) is 5.26 Å². The lowest BCUT2D eigenvalue weighted by molar-refractivity contribution is 0.276. The van der Waals surface area contributed by atoms with Gasteiger partial charge in [0.1, 0.15) is 6.07 Å². The highest BCUT2D eigenvalue weighted by Crippen LogP contribution is 2.24. The number of pyridine rings is 1. The van der Waals surface area contributed by atoms with Crippen LogP contribution in [-0.4, -0.2) is 16.7 Å². The smallest absolute Gasteiger partial charge is 0.151 e. The van der Waals surface area contributed by atoms with Crippen LogP contribution in [0.3, 0.4) is 0 Å². The van der Waals surface area contributed by atoms with Gasteiger partial charge in [0, 0.05) is 6.20 Å². The van der Waals surface area contributed by atoms with Crippen molar-refractivity contribution >= 4 is 11.5 Å². The molecule has 1 unspecified atom stereocenters. The normalized spacial score (nSPS) is 11.6. The van der Waals surface area contributed by atoms with Crippen molar-refractivity contribution in [3.8, 4) is 6.07 Å². The van der Waals surface area contributed by atoms with Gasteiger partial charge in [-0.1, -0.05) is 30.3 Å². The average molecular weight is 254 g/mol. The zero-order valence-electron chi connectivity index (χ0n) is 10.2. The van der Waals surface area contributed by atoms with E-state index in [0.29, 0.717) is 17.1 Å². The molecule has 1 aromatic heterocycles. The first-order chi connectivity index (χ1) is 9.26. The summed E-state index contributed by atoms with van der Waals surface area (Å²) in [5.74, 6) is 0.405. The maximum absolute atomic E-state index is 9.46. The predicted octanol–water partition coefficient (Wildman–Crippen LogP) is 1.68. The van der Waals surface area contributed by atoms with E-state index in [-0.39, 0.29) is 12.6 Å². The Bertz CT molecular complexity index is 592. The molecular formula is C14H14N4O. The first-order valence-electron chi connectivity index (χ1n) is 5.83. The molecule has 5 nitrogen and oxygen atoms in total. The van der Waals surface area contributed by atoms with Gasteiger partial charge in [-0.3, -0.25) is 0 Å².